The van der Waals surface area contributed by atoms with Crippen LogP contribution in [0.1, 0.15) is 4.88 Å². The van der Waals surface area contributed by atoms with E-state index in [1.165, 1.54) is 23.5 Å². The number of anilines is 1. The van der Waals surface area contributed by atoms with E-state index in [0.717, 1.165) is 17.0 Å². The molecule has 0 aliphatic carbocycles. The molecule has 1 aromatic heterocycles. The number of alkyl halides is 3. The summed E-state index contributed by atoms with van der Waals surface area (Å²) in [5.41, 5.74) is -0.0322. The molecule has 0 saturated heterocycles. The molecule has 0 saturated carbocycles. The first-order chi connectivity index (χ1) is 11.3. The Labute approximate surface area is 142 Å². The molecule has 0 N–H and O–H groups in total. The van der Waals surface area contributed by atoms with Gasteiger partial charge in [0.2, 0.25) is 0 Å². The number of thiophene rings is 1. The zero-order chi connectivity index (χ0) is 17.5. The maximum Gasteiger partial charge on any atom is 0.573 e. The fourth-order valence-corrected chi connectivity index (χ4v) is 3.28. The van der Waals surface area contributed by atoms with Gasteiger partial charge in [0, 0.05) is 10.9 Å². The van der Waals surface area contributed by atoms with Gasteiger partial charge in [-0.25, -0.2) is 4.90 Å². The van der Waals surface area contributed by atoms with E-state index in [4.69, 9.17) is 11.6 Å². The standard InChI is InChI=1S/C15H7ClF3NO3S/c16-12-11(10-5-2-6-24-10)13(21)20(14(12)22)8-3-1-4-9(7-8)23-15(17,18)19/h1-7H. The molecule has 0 spiro atoms. The number of nitrogens with zero attached hydrogens (tertiary/aromatic N) is 1. The van der Waals surface area contributed by atoms with E-state index < -0.39 is 23.9 Å². The summed E-state index contributed by atoms with van der Waals surface area (Å²) in [6.07, 6.45) is -4.88. The van der Waals surface area contributed by atoms with Crippen molar-refractivity contribution in [3.8, 4) is 5.75 Å². The molecule has 0 fully saturated rings. The third-order valence-electron chi connectivity index (χ3n) is 3.10. The lowest BCUT2D eigenvalue weighted by Gasteiger charge is -2.16. The quantitative estimate of drug-likeness (QED) is 0.759. The highest BCUT2D eigenvalue weighted by molar-refractivity contribution is 7.11. The molecule has 4 nitrogen and oxygen atoms in total. The molecule has 1 aliphatic rings. The smallest absolute Gasteiger partial charge is 0.406 e. The molecule has 2 aromatic rings. The van der Waals surface area contributed by atoms with Gasteiger partial charge in [0.1, 0.15) is 10.8 Å². The van der Waals surface area contributed by atoms with Crippen molar-refractivity contribution in [2.24, 2.45) is 0 Å². The van der Waals surface area contributed by atoms with Crippen molar-refractivity contribution in [1.82, 2.24) is 0 Å². The minimum atomic E-state index is -4.88. The maximum absolute atomic E-state index is 12.5. The number of hydrogen-bond acceptors (Lipinski definition) is 4. The van der Waals surface area contributed by atoms with Crippen LogP contribution >= 0.6 is 22.9 Å². The number of benzene rings is 1. The van der Waals surface area contributed by atoms with Crippen molar-refractivity contribution >= 4 is 46.0 Å². The molecule has 0 unspecified atom stereocenters. The lowest BCUT2D eigenvalue weighted by atomic mass is 10.2. The Morgan fingerprint density at radius 2 is 1.83 bits per heavy atom. The Morgan fingerprint density at radius 1 is 1.08 bits per heavy atom. The predicted molar refractivity (Wildman–Crippen MR) is 82.7 cm³/mol. The molecule has 1 aromatic carbocycles. The highest BCUT2D eigenvalue weighted by Gasteiger charge is 2.40. The normalized spacial score (nSPS) is 15.4. The minimum Gasteiger partial charge on any atom is -0.406 e. The second kappa shape index (κ2) is 5.95. The summed E-state index contributed by atoms with van der Waals surface area (Å²) in [7, 11) is 0. The molecule has 2 heterocycles. The molecule has 1 aliphatic heterocycles. The second-order valence-corrected chi connectivity index (χ2v) is 5.98. The van der Waals surface area contributed by atoms with Gasteiger partial charge >= 0.3 is 6.36 Å². The average molecular weight is 374 g/mol. The highest BCUT2D eigenvalue weighted by Crippen LogP contribution is 2.37. The molecular formula is C15H7ClF3NO3S. The number of rotatable bonds is 3. The monoisotopic (exact) mass is 373 g/mol. The molecule has 3 rings (SSSR count). The number of carbonyl (C=O) groups is 2. The van der Waals surface area contributed by atoms with E-state index in [2.05, 4.69) is 4.74 Å². The Morgan fingerprint density at radius 3 is 2.46 bits per heavy atom. The number of imide groups is 1. The zero-order valence-corrected chi connectivity index (χ0v) is 13.2. The van der Waals surface area contributed by atoms with Gasteiger partial charge in [-0.05, 0) is 23.6 Å². The number of amides is 2. The number of hydrogen-bond donors (Lipinski definition) is 0. The van der Waals surface area contributed by atoms with Crippen molar-refractivity contribution in [3.05, 3.63) is 51.7 Å². The summed E-state index contributed by atoms with van der Waals surface area (Å²) in [6.45, 7) is 0. The Bertz CT molecular complexity index is 846. The fourth-order valence-electron chi connectivity index (χ4n) is 2.19. The van der Waals surface area contributed by atoms with Gasteiger partial charge in [-0.3, -0.25) is 9.59 Å². The topological polar surface area (TPSA) is 46.6 Å². The van der Waals surface area contributed by atoms with Crippen LogP contribution in [0.2, 0.25) is 0 Å². The van der Waals surface area contributed by atoms with E-state index in [1.807, 2.05) is 0 Å². The van der Waals surface area contributed by atoms with Gasteiger partial charge in [0.05, 0.1) is 11.3 Å². The van der Waals surface area contributed by atoms with Crippen LogP contribution in [-0.2, 0) is 9.59 Å². The van der Waals surface area contributed by atoms with E-state index in [0.29, 0.717) is 4.88 Å². The van der Waals surface area contributed by atoms with Crippen LogP contribution in [0.15, 0.2) is 46.8 Å². The van der Waals surface area contributed by atoms with Gasteiger partial charge in [-0.2, -0.15) is 0 Å². The third-order valence-corrected chi connectivity index (χ3v) is 4.34. The van der Waals surface area contributed by atoms with Crippen molar-refractivity contribution < 1.29 is 27.5 Å². The molecule has 0 atom stereocenters. The SMILES string of the molecule is O=C1C(Cl)=C(c2cccs2)C(=O)N1c1cccc(OC(F)(F)F)c1. The molecule has 124 valence electrons. The number of carbonyl (C=O) groups excluding carboxylic acids is 2. The summed E-state index contributed by atoms with van der Waals surface area (Å²) in [4.78, 5) is 26.0. The maximum atomic E-state index is 12.5. The van der Waals surface area contributed by atoms with Crippen LogP contribution in [-0.4, -0.2) is 18.2 Å². The molecule has 2 amide bonds. The summed E-state index contributed by atoms with van der Waals surface area (Å²) in [6, 6.07) is 7.90. The number of halogens is 4. The Balaban J connectivity index is 1.96. The lowest BCUT2D eigenvalue weighted by Crippen LogP contribution is -2.31. The molecular weight excluding hydrogens is 367 g/mol. The first-order valence-corrected chi connectivity index (χ1v) is 7.72. The van der Waals surface area contributed by atoms with E-state index in [1.54, 1.807) is 17.5 Å². The van der Waals surface area contributed by atoms with Crippen LogP contribution < -0.4 is 9.64 Å². The van der Waals surface area contributed by atoms with Crippen LogP contribution in [0.25, 0.3) is 5.57 Å². The Kier molecular flexibility index (Phi) is 4.10. The fraction of sp³-hybridized carbons (Fsp3) is 0.0667. The van der Waals surface area contributed by atoms with Gasteiger partial charge in [-0.1, -0.05) is 23.7 Å². The van der Waals surface area contributed by atoms with Gasteiger partial charge in [0.25, 0.3) is 11.8 Å². The van der Waals surface area contributed by atoms with Crippen molar-refractivity contribution in [2.75, 3.05) is 4.90 Å². The van der Waals surface area contributed by atoms with E-state index >= 15 is 0 Å². The van der Waals surface area contributed by atoms with E-state index in [9.17, 15) is 22.8 Å². The van der Waals surface area contributed by atoms with Gasteiger partial charge < -0.3 is 4.74 Å². The highest BCUT2D eigenvalue weighted by atomic mass is 35.5. The second-order valence-electron chi connectivity index (χ2n) is 4.66. The van der Waals surface area contributed by atoms with Crippen LogP contribution in [0.5, 0.6) is 5.75 Å². The third kappa shape index (κ3) is 3.02. The summed E-state index contributed by atoms with van der Waals surface area (Å²) in [5, 5.41) is 1.44. The summed E-state index contributed by atoms with van der Waals surface area (Å²) >= 11 is 7.19. The molecule has 9 heteroatoms. The molecule has 0 bridgehead atoms. The van der Waals surface area contributed by atoms with Crippen molar-refractivity contribution in [2.45, 2.75) is 6.36 Å². The summed E-state index contributed by atoms with van der Waals surface area (Å²) in [5.74, 6) is -2.04. The first-order valence-electron chi connectivity index (χ1n) is 6.46. The minimum absolute atomic E-state index is 0.0267. The zero-order valence-electron chi connectivity index (χ0n) is 11.6. The van der Waals surface area contributed by atoms with Crippen LogP contribution in [0.4, 0.5) is 18.9 Å². The van der Waals surface area contributed by atoms with Gasteiger partial charge in [0.15, 0.2) is 0 Å². The van der Waals surface area contributed by atoms with Crippen LogP contribution in [0.3, 0.4) is 0 Å². The average Bonchev–Trinajstić information content (AvgIpc) is 3.06. The predicted octanol–water partition coefficient (Wildman–Crippen LogP) is 4.17. The van der Waals surface area contributed by atoms with Crippen LogP contribution in [0, 0.1) is 0 Å². The molecule has 0 radical (unpaired) electrons. The first kappa shape index (κ1) is 16.5. The largest absolute Gasteiger partial charge is 0.573 e. The Hall–Kier alpha value is -2.32. The summed E-state index contributed by atoms with van der Waals surface area (Å²) < 4.78 is 40.8. The van der Waals surface area contributed by atoms with Gasteiger partial charge in [-0.15, -0.1) is 24.5 Å². The molecule has 24 heavy (non-hydrogen) atoms. The van der Waals surface area contributed by atoms with E-state index in [-0.39, 0.29) is 16.3 Å². The van der Waals surface area contributed by atoms with Crippen molar-refractivity contribution in [1.29, 1.82) is 0 Å². The number of ether oxygens (including phenoxy) is 1. The van der Waals surface area contributed by atoms with Crippen molar-refractivity contribution in [3.63, 3.8) is 0 Å². The lowest BCUT2D eigenvalue weighted by molar-refractivity contribution is -0.274.